The molecule has 180 valence electrons. The van der Waals surface area contributed by atoms with Gasteiger partial charge in [-0.25, -0.2) is 0 Å². The third-order valence-electron chi connectivity index (χ3n) is 6.19. The number of hydrogen-bond acceptors (Lipinski definition) is 5. The normalized spacial score (nSPS) is 11.6. The van der Waals surface area contributed by atoms with Crippen LogP contribution in [0.15, 0.2) is 36.4 Å². The average Bonchev–Trinajstić information content (AvgIpc) is 2.76. The number of methoxy groups -OCH3 is 2. The predicted octanol–water partition coefficient (Wildman–Crippen LogP) is 6.59. The average molecular weight is 471 g/mol. The first-order valence-electron chi connectivity index (χ1n) is 11.4. The highest BCUT2D eigenvalue weighted by molar-refractivity contribution is 6.90. The van der Waals surface area contributed by atoms with Crippen molar-refractivity contribution in [3.8, 4) is 39.8 Å². The van der Waals surface area contributed by atoms with Crippen LogP contribution < -0.4 is 9.47 Å². The monoisotopic (exact) mass is 470 g/mol. The lowest BCUT2D eigenvalue weighted by molar-refractivity contribution is 0.0499. The standard InChI is InChI=1S/C27H38O5Si/c1-19(2)33(20(3)4,21(5)6)14-13-22-9-11-24(26(15-22)31-17-29-7)25-12-10-23(28)16-27(25)32-18-30-8/h9-12,15-16,19-21,28H,17-18H2,1-8H3. The summed E-state index contributed by atoms with van der Waals surface area (Å²) in [5.74, 6) is 4.74. The summed E-state index contributed by atoms with van der Waals surface area (Å²) in [6.45, 7) is 14.0. The Morgan fingerprint density at radius 1 is 0.758 bits per heavy atom. The molecule has 0 aromatic heterocycles. The Morgan fingerprint density at radius 3 is 1.73 bits per heavy atom. The van der Waals surface area contributed by atoms with Crippen molar-refractivity contribution in [3.05, 3.63) is 42.0 Å². The summed E-state index contributed by atoms with van der Waals surface area (Å²) >= 11 is 0. The maximum Gasteiger partial charge on any atom is 0.188 e. The van der Waals surface area contributed by atoms with E-state index in [1.807, 2.05) is 18.2 Å². The molecule has 0 aliphatic carbocycles. The van der Waals surface area contributed by atoms with Crippen LogP contribution >= 0.6 is 0 Å². The summed E-state index contributed by atoms with van der Waals surface area (Å²) in [6, 6.07) is 10.9. The van der Waals surface area contributed by atoms with Gasteiger partial charge in [-0.2, -0.15) is 0 Å². The molecule has 6 heteroatoms. The number of hydrogen-bond donors (Lipinski definition) is 1. The lowest BCUT2D eigenvalue weighted by Crippen LogP contribution is -2.43. The van der Waals surface area contributed by atoms with Gasteiger partial charge in [-0.15, -0.1) is 5.54 Å². The number of aromatic hydroxyl groups is 1. The van der Waals surface area contributed by atoms with E-state index in [4.69, 9.17) is 18.9 Å². The van der Waals surface area contributed by atoms with Gasteiger partial charge in [0.15, 0.2) is 13.6 Å². The number of rotatable bonds is 10. The Hall–Kier alpha value is -2.46. The second kappa shape index (κ2) is 12.1. The molecule has 0 unspecified atom stereocenters. The molecule has 2 aromatic rings. The highest BCUT2D eigenvalue weighted by Crippen LogP contribution is 2.41. The van der Waals surface area contributed by atoms with Gasteiger partial charge in [0, 0.05) is 37.0 Å². The van der Waals surface area contributed by atoms with Crippen LogP contribution in [0.3, 0.4) is 0 Å². The lowest BCUT2D eigenvalue weighted by atomic mass is 10.0. The zero-order chi connectivity index (χ0) is 24.6. The quantitative estimate of drug-likeness (QED) is 0.241. The minimum absolute atomic E-state index is 0.0700. The third kappa shape index (κ3) is 6.32. The van der Waals surface area contributed by atoms with Crippen molar-refractivity contribution in [2.45, 2.75) is 58.2 Å². The first kappa shape index (κ1) is 26.8. The summed E-state index contributed by atoms with van der Waals surface area (Å²) in [5, 5.41) is 9.93. The third-order valence-corrected chi connectivity index (χ3v) is 12.5. The molecule has 5 nitrogen and oxygen atoms in total. The Bertz CT molecular complexity index is 950. The molecule has 0 bridgehead atoms. The van der Waals surface area contributed by atoms with Gasteiger partial charge < -0.3 is 24.1 Å². The van der Waals surface area contributed by atoms with Gasteiger partial charge in [0.05, 0.1) is 0 Å². The molecule has 0 aliphatic rings. The van der Waals surface area contributed by atoms with Crippen LogP contribution in [0.4, 0.5) is 0 Å². The Kier molecular flexibility index (Phi) is 9.84. The number of benzene rings is 2. The highest BCUT2D eigenvalue weighted by Gasteiger charge is 2.41. The fourth-order valence-electron chi connectivity index (χ4n) is 4.65. The Balaban J connectivity index is 2.58. The molecule has 0 atom stereocenters. The van der Waals surface area contributed by atoms with Crippen molar-refractivity contribution in [1.82, 2.24) is 0 Å². The van der Waals surface area contributed by atoms with Crippen LogP contribution in [-0.2, 0) is 9.47 Å². The first-order chi connectivity index (χ1) is 15.7. The van der Waals surface area contributed by atoms with Crippen molar-refractivity contribution in [2.24, 2.45) is 0 Å². The van der Waals surface area contributed by atoms with E-state index in [1.54, 1.807) is 32.4 Å². The zero-order valence-electron chi connectivity index (χ0n) is 21.2. The summed E-state index contributed by atoms with van der Waals surface area (Å²) in [6.07, 6.45) is 0. The molecular formula is C27H38O5Si. The number of phenolic OH excluding ortho intramolecular Hbond substituents is 1. The minimum Gasteiger partial charge on any atom is -0.508 e. The van der Waals surface area contributed by atoms with Gasteiger partial charge >= 0.3 is 0 Å². The Labute approximate surface area is 200 Å². The van der Waals surface area contributed by atoms with E-state index in [9.17, 15) is 5.11 Å². The molecule has 0 spiro atoms. The predicted molar refractivity (Wildman–Crippen MR) is 136 cm³/mol. The second-order valence-electron chi connectivity index (χ2n) is 9.14. The van der Waals surface area contributed by atoms with E-state index in [0.717, 1.165) is 16.7 Å². The van der Waals surface area contributed by atoms with Crippen molar-refractivity contribution >= 4 is 8.07 Å². The van der Waals surface area contributed by atoms with Gasteiger partial charge in [-0.3, -0.25) is 0 Å². The molecule has 0 aliphatic heterocycles. The molecule has 0 heterocycles. The molecule has 2 rings (SSSR count). The van der Waals surface area contributed by atoms with Crippen LogP contribution in [0.1, 0.15) is 47.1 Å². The number of ether oxygens (including phenoxy) is 4. The van der Waals surface area contributed by atoms with Gasteiger partial charge in [0.1, 0.15) is 25.3 Å². The molecule has 1 N–H and O–H groups in total. The maximum atomic E-state index is 9.93. The Morgan fingerprint density at radius 2 is 1.24 bits per heavy atom. The molecule has 2 aromatic carbocycles. The van der Waals surface area contributed by atoms with Crippen molar-refractivity contribution < 1.29 is 24.1 Å². The first-order valence-corrected chi connectivity index (χ1v) is 13.6. The summed E-state index contributed by atoms with van der Waals surface area (Å²) in [5.41, 5.74) is 7.96. The molecule has 0 radical (unpaired) electrons. The fraction of sp³-hybridized carbons (Fsp3) is 0.481. The molecular weight excluding hydrogens is 432 g/mol. The SMILES string of the molecule is COCOc1cc(O)ccc1-c1ccc(C#C[Si](C(C)C)(C(C)C)C(C)C)cc1OCOC. The fourth-order valence-corrected chi connectivity index (χ4v) is 9.88. The van der Waals surface area contributed by atoms with Gasteiger partial charge in [-0.05, 0) is 47.0 Å². The highest BCUT2D eigenvalue weighted by atomic mass is 28.3. The molecule has 0 saturated heterocycles. The molecule has 0 amide bonds. The van der Waals surface area contributed by atoms with Gasteiger partial charge in [-0.1, -0.05) is 47.5 Å². The van der Waals surface area contributed by atoms with E-state index < -0.39 is 8.07 Å². The van der Waals surface area contributed by atoms with Crippen LogP contribution in [0.25, 0.3) is 11.1 Å². The zero-order valence-corrected chi connectivity index (χ0v) is 22.2. The molecule has 0 fully saturated rings. The summed E-state index contributed by atoms with van der Waals surface area (Å²) in [4.78, 5) is 0. The maximum absolute atomic E-state index is 9.93. The van der Waals surface area contributed by atoms with E-state index in [-0.39, 0.29) is 19.3 Å². The van der Waals surface area contributed by atoms with E-state index in [1.165, 1.54) is 0 Å². The van der Waals surface area contributed by atoms with E-state index >= 15 is 0 Å². The second-order valence-corrected chi connectivity index (χ2v) is 14.7. The van der Waals surface area contributed by atoms with Crippen LogP contribution in [0.5, 0.6) is 17.2 Å². The van der Waals surface area contributed by atoms with Gasteiger partial charge in [0.2, 0.25) is 0 Å². The van der Waals surface area contributed by atoms with Crippen molar-refractivity contribution in [3.63, 3.8) is 0 Å². The molecule has 0 saturated carbocycles. The lowest BCUT2D eigenvalue weighted by Gasteiger charge is -2.38. The largest absolute Gasteiger partial charge is 0.508 e. The van der Waals surface area contributed by atoms with Crippen molar-refractivity contribution in [1.29, 1.82) is 0 Å². The van der Waals surface area contributed by atoms with Gasteiger partial charge in [0.25, 0.3) is 0 Å². The van der Waals surface area contributed by atoms with E-state index in [0.29, 0.717) is 28.1 Å². The van der Waals surface area contributed by atoms with E-state index in [2.05, 4.69) is 53.0 Å². The summed E-state index contributed by atoms with van der Waals surface area (Å²) in [7, 11) is 1.29. The smallest absolute Gasteiger partial charge is 0.188 e. The van der Waals surface area contributed by atoms with Crippen LogP contribution in [0, 0.1) is 11.5 Å². The summed E-state index contributed by atoms with van der Waals surface area (Å²) < 4.78 is 21.8. The number of phenols is 1. The van der Waals surface area contributed by atoms with Crippen molar-refractivity contribution in [2.75, 3.05) is 27.8 Å². The van der Waals surface area contributed by atoms with Crippen LogP contribution in [-0.4, -0.2) is 41.0 Å². The van der Waals surface area contributed by atoms with Crippen LogP contribution in [0.2, 0.25) is 16.6 Å². The topological polar surface area (TPSA) is 57.2 Å². The molecule has 33 heavy (non-hydrogen) atoms. The minimum atomic E-state index is -1.85.